The average molecular weight is 156 g/mol. The summed E-state index contributed by atoms with van der Waals surface area (Å²) in [4.78, 5) is 24.6. The summed E-state index contributed by atoms with van der Waals surface area (Å²) in [5.74, 6) is -0.427. The highest BCUT2D eigenvalue weighted by molar-refractivity contribution is 5.89. The van der Waals surface area contributed by atoms with Crippen LogP contribution in [0.4, 0.5) is 0 Å². The molecule has 1 unspecified atom stereocenters. The highest BCUT2D eigenvalue weighted by atomic mass is 16.1. The van der Waals surface area contributed by atoms with Gasteiger partial charge in [0.15, 0.2) is 0 Å². The quantitative estimate of drug-likeness (QED) is 0.572. The molecular formula is C7H12N2O2. The zero-order chi connectivity index (χ0) is 8.85. The molecule has 1 amide bonds. The fraction of sp³-hybridized carbons (Fsp3) is 0.571. The summed E-state index contributed by atoms with van der Waals surface area (Å²) in [7, 11) is 1.63. The molecule has 0 aliphatic heterocycles. The summed E-state index contributed by atoms with van der Waals surface area (Å²) in [5.41, 5.74) is 0. The van der Waals surface area contributed by atoms with Crippen LogP contribution in [0.5, 0.6) is 0 Å². The molecule has 4 heteroatoms. The molecule has 0 fully saturated rings. The second-order valence-corrected chi connectivity index (χ2v) is 2.21. The first-order chi connectivity index (χ1) is 5.11. The summed E-state index contributed by atoms with van der Waals surface area (Å²) in [6.07, 6.45) is 0.0926. The Bertz CT molecular complexity index is 177. The zero-order valence-corrected chi connectivity index (χ0v) is 6.76. The van der Waals surface area contributed by atoms with Crippen LogP contribution in [0.15, 0.2) is 4.99 Å². The van der Waals surface area contributed by atoms with Crippen LogP contribution in [0.25, 0.3) is 0 Å². The highest BCUT2D eigenvalue weighted by Crippen LogP contribution is 1.94. The first-order valence-corrected chi connectivity index (χ1v) is 3.29. The van der Waals surface area contributed by atoms with Crippen molar-refractivity contribution in [1.29, 1.82) is 0 Å². The van der Waals surface area contributed by atoms with Crippen molar-refractivity contribution in [1.82, 2.24) is 5.32 Å². The number of hydrogen-bond acceptors (Lipinski definition) is 3. The minimum atomic E-state index is -0.423. The number of carbonyl (C=O) groups excluding carboxylic acids is 2. The van der Waals surface area contributed by atoms with Crippen LogP contribution in [0.2, 0.25) is 0 Å². The van der Waals surface area contributed by atoms with Crippen LogP contribution in [0, 0.1) is 0 Å². The molecule has 4 nitrogen and oxygen atoms in total. The first kappa shape index (κ1) is 9.97. The van der Waals surface area contributed by atoms with Crippen LogP contribution < -0.4 is 5.32 Å². The standard InChI is InChI=1S/C7H12N2O2/c1-5(10)6(8-2)4-7(11)9-3/h6,8H,3-4H2,1-2H3. The lowest BCUT2D eigenvalue weighted by Crippen LogP contribution is -2.34. The van der Waals surface area contributed by atoms with Crippen LogP contribution in [0.1, 0.15) is 13.3 Å². The van der Waals surface area contributed by atoms with Crippen molar-refractivity contribution in [3.63, 3.8) is 0 Å². The Balaban J connectivity index is 3.97. The van der Waals surface area contributed by atoms with Gasteiger partial charge in [0.05, 0.1) is 12.5 Å². The summed E-state index contributed by atoms with van der Waals surface area (Å²) < 4.78 is 0. The van der Waals surface area contributed by atoms with Crippen molar-refractivity contribution in [2.24, 2.45) is 4.99 Å². The molecule has 0 saturated heterocycles. The van der Waals surface area contributed by atoms with E-state index < -0.39 is 6.04 Å². The van der Waals surface area contributed by atoms with Crippen molar-refractivity contribution >= 4 is 18.4 Å². The number of Topliss-reactive ketones (excluding diaryl/α,β-unsaturated/α-hetero) is 1. The number of amides is 1. The zero-order valence-electron chi connectivity index (χ0n) is 6.76. The van der Waals surface area contributed by atoms with Gasteiger partial charge in [0.2, 0.25) is 5.91 Å². The third-order valence-electron chi connectivity index (χ3n) is 1.39. The van der Waals surface area contributed by atoms with E-state index in [0.29, 0.717) is 0 Å². The van der Waals surface area contributed by atoms with Crippen molar-refractivity contribution in [2.75, 3.05) is 7.05 Å². The maximum absolute atomic E-state index is 10.7. The van der Waals surface area contributed by atoms with E-state index in [-0.39, 0.29) is 18.1 Å². The largest absolute Gasteiger partial charge is 0.310 e. The van der Waals surface area contributed by atoms with Gasteiger partial charge in [0.1, 0.15) is 5.78 Å². The number of carbonyl (C=O) groups is 2. The van der Waals surface area contributed by atoms with Gasteiger partial charge in [-0.2, -0.15) is 0 Å². The van der Waals surface area contributed by atoms with Gasteiger partial charge < -0.3 is 5.32 Å². The van der Waals surface area contributed by atoms with Crippen LogP contribution in [-0.4, -0.2) is 31.5 Å². The van der Waals surface area contributed by atoms with E-state index in [0.717, 1.165) is 0 Å². The molecule has 11 heavy (non-hydrogen) atoms. The Morgan fingerprint density at radius 1 is 1.64 bits per heavy atom. The molecule has 0 aromatic heterocycles. The SMILES string of the molecule is C=NC(=O)CC(NC)C(C)=O. The van der Waals surface area contributed by atoms with Gasteiger partial charge in [-0.1, -0.05) is 0 Å². The molecule has 0 aromatic carbocycles. The molecule has 0 rings (SSSR count). The minimum absolute atomic E-state index is 0.0653. The van der Waals surface area contributed by atoms with E-state index in [4.69, 9.17) is 0 Å². The number of likely N-dealkylation sites (N-methyl/N-ethyl adjacent to an activating group) is 1. The normalized spacial score (nSPS) is 12.2. The fourth-order valence-corrected chi connectivity index (χ4v) is 0.688. The Kier molecular flexibility index (Phi) is 4.29. The molecule has 0 heterocycles. The van der Waals surface area contributed by atoms with Gasteiger partial charge in [-0.25, -0.2) is 4.99 Å². The lowest BCUT2D eigenvalue weighted by atomic mass is 10.1. The Morgan fingerprint density at radius 2 is 2.18 bits per heavy atom. The molecular weight excluding hydrogens is 144 g/mol. The molecule has 1 atom stereocenters. The maximum Gasteiger partial charge on any atom is 0.247 e. The second-order valence-electron chi connectivity index (χ2n) is 2.21. The molecule has 0 saturated carbocycles. The van der Waals surface area contributed by atoms with Crippen LogP contribution >= 0.6 is 0 Å². The number of ketones is 1. The van der Waals surface area contributed by atoms with Crippen molar-refractivity contribution in [2.45, 2.75) is 19.4 Å². The summed E-state index contributed by atoms with van der Waals surface area (Å²) in [5, 5.41) is 2.71. The summed E-state index contributed by atoms with van der Waals surface area (Å²) in [6.45, 7) is 4.50. The van der Waals surface area contributed by atoms with E-state index >= 15 is 0 Å². The lowest BCUT2D eigenvalue weighted by molar-refractivity contribution is -0.124. The monoisotopic (exact) mass is 156 g/mol. The van der Waals surface area contributed by atoms with Crippen molar-refractivity contribution in [3.05, 3.63) is 0 Å². The smallest absolute Gasteiger partial charge is 0.247 e. The number of aliphatic imine (C=N–C) groups is 1. The third-order valence-corrected chi connectivity index (χ3v) is 1.39. The average Bonchev–Trinajstić information content (AvgIpc) is 1.99. The second kappa shape index (κ2) is 4.73. The summed E-state index contributed by atoms with van der Waals surface area (Å²) in [6, 6.07) is -0.423. The van der Waals surface area contributed by atoms with E-state index in [1.165, 1.54) is 6.92 Å². The van der Waals surface area contributed by atoms with E-state index in [1.54, 1.807) is 7.05 Å². The predicted molar refractivity (Wildman–Crippen MR) is 42.7 cm³/mol. The lowest BCUT2D eigenvalue weighted by Gasteiger charge is -2.08. The van der Waals surface area contributed by atoms with Crippen LogP contribution in [0.3, 0.4) is 0 Å². The Labute approximate surface area is 65.7 Å². The first-order valence-electron chi connectivity index (χ1n) is 3.29. The van der Waals surface area contributed by atoms with Gasteiger partial charge in [-0.05, 0) is 20.7 Å². The topological polar surface area (TPSA) is 58.5 Å². The predicted octanol–water partition coefficient (Wildman–Crippen LogP) is -0.219. The van der Waals surface area contributed by atoms with Gasteiger partial charge >= 0.3 is 0 Å². The van der Waals surface area contributed by atoms with Crippen molar-refractivity contribution < 1.29 is 9.59 Å². The number of nitrogens with one attached hydrogen (secondary N) is 1. The van der Waals surface area contributed by atoms with Gasteiger partial charge in [-0.15, -0.1) is 0 Å². The summed E-state index contributed by atoms with van der Waals surface area (Å²) >= 11 is 0. The molecule has 62 valence electrons. The Hall–Kier alpha value is -1.03. The molecule has 0 spiro atoms. The molecule has 0 aliphatic carbocycles. The van der Waals surface area contributed by atoms with Crippen molar-refractivity contribution in [3.8, 4) is 0 Å². The molecule has 0 aromatic rings. The number of nitrogens with zero attached hydrogens (tertiary/aromatic N) is 1. The number of hydrogen-bond donors (Lipinski definition) is 1. The Morgan fingerprint density at radius 3 is 2.45 bits per heavy atom. The highest BCUT2D eigenvalue weighted by Gasteiger charge is 2.14. The van der Waals surface area contributed by atoms with Gasteiger partial charge in [0.25, 0.3) is 0 Å². The minimum Gasteiger partial charge on any atom is -0.310 e. The molecule has 0 aliphatic rings. The fourth-order valence-electron chi connectivity index (χ4n) is 0.688. The van der Waals surface area contributed by atoms with E-state index in [1.807, 2.05) is 0 Å². The third kappa shape index (κ3) is 3.62. The van der Waals surface area contributed by atoms with E-state index in [9.17, 15) is 9.59 Å². The number of rotatable bonds is 4. The maximum atomic E-state index is 10.7. The molecule has 0 bridgehead atoms. The van der Waals surface area contributed by atoms with E-state index in [2.05, 4.69) is 17.0 Å². The van der Waals surface area contributed by atoms with Gasteiger partial charge in [0, 0.05) is 0 Å². The molecule has 0 radical (unpaired) electrons. The molecule has 1 N–H and O–H groups in total. The van der Waals surface area contributed by atoms with Gasteiger partial charge in [-0.3, -0.25) is 9.59 Å². The van der Waals surface area contributed by atoms with Crippen LogP contribution in [-0.2, 0) is 9.59 Å².